The van der Waals surface area contributed by atoms with Gasteiger partial charge in [-0.2, -0.15) is 0 Å². The average Bonchev–Trinajstić information content (AvgIpc) is 3.16. The van der Waals surface area contributed by atoms with Crippen LogP contribution in [-0.2, 0) is 4.79 Å². The van der Waals surface area contributed by atoms with Gasteiger partial charge in [-0.3, -0.25) is 9.36 Å². The molecule has 2 aromatic rings. The minimum absolute atomic E-state index is 0.0204. The molecule has 0 spiro atoms. The summed E-state index contributed by atoms with van der Waals surface area (Å²) < 4.78 is 1.85. The largest absolute Gasteiger partial charge is 0.355 e. The number of hydrogen-bond donors (Lipinski definition) is 1. The van der Waals surface area contributed by atoms with E-state index in [2.05, 4.69) is 27.3 Å². The summed E-state index contributed by atoms with van der Waals surface area (Å²) in [7, 11) is 0. The van der Waals surface area contributed by atoms with Crippen LogP contribution in [0.2, 0.25) is 5.02 Å². The van der Waals surface area contributed by atoms with Crippen LogP contribution in [0.4, 0.5) is 0 Å². The highest BCUT2D eigenvalue weighted by atomic mass is 35.5. The van der Waals surface area contributed by atoms with E-state index in [0.717, 1.165) is 17.8 Å². The number of aromatic nitrogens is 3. The summed E-state index contributed by atoms with van der Waals surface area (Å²) in [4.78, 5) is 14.8. The van der Waals surface area contributed by atoms with Gasteiger partial charge in [0.05, 0.1) is 11.4 Å². The molecule has 1 aliphatic heterocycles. The van der Waals surface area contributed by atoms with Crippen LogP contribution in [0.15, 0.2) is 29.7 Å². The lowest BCUT2D eigenvalue weighted by molar-refractivity contribution is -0.118. The fraction of sp³-hybridized carbons (Fsp3) is 0.550. The number of nitrogens with zero attached hydrogens (tertiary/aromatic N) is 4. The predicted molar refractivity (Wildman–Crippen MR) is 114 cm³/mol. The third kappa shape index (κ3) is 5.96. The van der Waals surface area contributed by atoms with E-state index >= 15 is 0 Å². The smallest absolute Gasteiger partial charge is 0.230 e. The standard InChI is InChI=1S/C20H28ClN5OS/c1-15(12-25-8-4-3-5-9-25)11-22-19(27)13-28-20-24-23-14-26(20)17-7-6-16(2)18(21)10-17/h6-7,10,14-15H,3-5,8-9,11-13H2,1-2H3,(H,22,27). The number of aryl methyl sites for hydroxylation is 1. The number of thioether (sulfide) groups is 1. The summed E-state index contributed by atoms with van der Waals surface area (Å²) in [6.45, 7) is 8.29. The molecule has 152 valence electrons. The first-order chi connectivity index (χ1) is 13.5. The predicted octanol–water partition coefficient (Wildman–Crippen LogP) is 3.56. The van der Waals surface area contributed by atoms with E-state index in [9.17, 15) is 4.79 Å². The molecule has 0 aliphatic carbocycles. The number of likely N-dealkylation sites (tertiary alicyclic amines) is 1. The van der Waals surface area contributed by atoms with E-state index in [1.165, 1.54) is 44.1 Å². The molecule has 1 amide bonds. The molecule has 1 saturated heterocycles. The first kappa shape index (κ1) is 21.1. The van der Waals surface area contributed by atoms with Gasteiger partial charge in [0.15, 0.2) is 5.16 Å². The Morgan fingerprint density at radius 2 is 2.11 bits per heavy atom. The van der Waals surface area contributed by atoms with Crippen molar-refractivity contribution in [2.24, 2.45) is 5.92 Å². The molecule has 1 atom stereocenters. The van der Waals surface area contributed by atoms with Crippen molar-refractivity contribution in [3.05, 3.63) is 35.1 Å². The lowest BCUT2D eigenvalue weighted by Gasteiger charge is -2.29. The fourth-order valence-corrected chi connectivity index (χ4v) is 4.28. The molecule has 0 radical (unpaired) electrons. The average molecular weight is 422 g/mol. The molecule has 2 heterocycles. The van der Waals surface area contributed by atoms with Crippen molar-refractivity contribution in [2.75, 3.05) is 31.9 Å². The van der Waals surface area contributed by atoms with Crippen molar-refractivity contribution in [1.29, 1.82) is 0 Å². The minimum Gasteiger partial charge on any atom is -0.355 e. The van der Waals surface area contributed by atoms with E-state index in [1.54, 1.807) is 6.33 Å². The van der Waals surface area contributed by atoms with Gasteiger partial charge in [0.1, 0.15) is 6.33 Å². The van der Waals surface area contributed by atoms with Gasteiger partial charge >= 0.3 is 0 Å². The van der Waals surface area contributed by atoms with Crippen LogP contribution in [0.5, 0.6) is 0 Å². The van der Waals surface area contributed by atoms with Crippen LogP contribution in [0.25, 0.3) is 5.69 Å². The summed E-state index contributed by atoms with van der Waals surface area (Å²) in [6.07, 6.45) is 5.57. The number of nitrogens with one attached hydrogen (secondary N) is 1. The Balaban J connectivity index is 1.46. The number of carbonyl (C=O) groups is 1. The summed E-state index contributed by atoms with van der Waals surface area (Å²) in [6, 6.07) is 5.81. The van der Waals surface area contributed by atoms with Crippen molar-refractivity contribution in [1.82, 2.24) is 25.0 Å². The maximum Gasteiger partial charge on any atom is 0.230 e. The van der Waals surface area contributed by atoms with Crippen LogP contribution >= 0.6 is 23.4 Å². The second kappa shape index (κ2) is 10.3. The van der Waals surface area contributed by atoms with Crippen molar-refractivity contribution < 1.29 is 4.79 Å². The lowest BCUT2D eigenvalue weighted by atomic mass is 10.1. The van der Waals surface area contributed by atoms with Crippen molar-refractivity contribution in [2.45, 2.75) is 38.3 Å². The van der Waals surface area contributed by atoms with Gasteiger partial charge < -0.3 is 10.2 Å². The Bertz CT molecular complexity index is 791. The molecule has 28 heavy (non-hydrogen) atoms. The molecule has 8 heteroatoms. The molecule has 3 rings (SSSR count). The van der Waals surface area contributed by atoms with Gasteiger partial charge in [0.2, 0.25) is 5.91 Å². The van der Waals surface area contributed by atoms with Gasteiger partial charge in [-0.25, -0.2) is 0 Å². The summed E-state index contributed by atoms with van der Waals surface area (Å²) in [5.41, 5.74) is 1.91. The zero-order valence-electron chi connectivity index (χ0n) is 16.5. The Hall–Kier alpha value is -1.57. The van der Waals surface area contributed by atoms with E-state index in [0.29, 0.717) is 28.4 Å². The van der Waals surface area contributed by atoms with Crippen molar-refractivity contribution in [3.8, 4) is 5.69 Å². The second-order valence-corrected chi connectivity index (χ2v) is 8.83. The molecular weight excluding hydrogens is 394 g/mol. The maximum atomic E-state index is 12.3. The fourth-order valence-electron chi connectivity index (χ4n) is 3.35. The monoisotopic (exact) mass is 421 g/mol. The van der Waals surface area contributed by atoms with Crippen LogP contribution in [0.3, 0.4) is 0 Å². The molecule has 1 N–H and O–H groups in total. The normalized spacial score (nSPS) is 16.1. The van der Waals surface area contributed by atoms with Crippen LogP contribution < -0.4 is 5.32 Å². The van der Waals surface area contributed by atoms with Crippen LogP contribution in [0.1, 0.15) is 31.7 Å². The first-order valence-electron chi connectivity index (χ1n) is 9.81. The Kier molecular flexibility index (Phi) is 7.76. The first-order valence-corrected chi connectivity index (χ1v) is 11.2. The topological polar surface area (TPSA) is 63.1 Å². The highest BCUT2D eigenvalue weighted by Gasteiger charge is 2.15. The lowest BCUT2D eigenvalue weighted by Crippen LogP contribution is -2.38. The van der Waals surface area contributed by atoms with Gasteiger partial charge in [-0.05, 0) is 56.5 Å². The van der Waals surface area contributed by atoms with E-state index in [-0.39, 0.29) is 5.91 Å². The number of piperidine rings is 1. The summed E-state index contributed by atoms with van der Waals surface area (Å²) >= 11 is 7.60. The zero-order chi connectivity index (χ0) is 19.9. The van der Waals surface area contributed by atoms with Crippen LogP contribution in [-0.4, -0.2) is 57.5 Å². The highest BCUT2D eigenvalue weighted by Crippen LogP contribution is 2.23. The molecule has 1 fully saturated rings. The third-order valence-corrected chi connectivity index (χ3v) is 6.30. The highest BCUT2D eigenvalue weighted by molar-refractivity contribution is 7.99. The molecule has 1 unspecified atom stereocenters. The van der Waals surface area contributed by atoms with E-state index < -0.39 is 0 Å². The Morgan fingerprint density at radius 1 is 1.32 bits per heavy atom. The molecule has 1 aliphatic rings. The van der Waals surface area contributed by atoms with Crippen molar-refractivity contribution in [3.63, 3.8) is 0 Å². The number of benzene rings is 1. The van der Waals surface area contributed by atoms with Gasteiger partial charge in [0, 0.05) is 18.1 Å². The Morgan fingerprint density at radius 3 is 2.86 bits per heavy atom. The molecule has 1 aromatic heterocycles. The van der Waals surface area contributed by atoms with Gasteiger partial charge in [-0.1, -0.05) is 42.8 Å². The van der Waals surface area contributed by atoms with Crippen LogP contribution in [0, 0.1) is 12.8 Å². The molecule has 0 bridgehead atoms. The number of halogens is 1. The Labute approximate surface area is 176 Å². The molecule has 1 aromatic carbocycles. The third-order valence-electron chi connectivity index (χ3n) is 4.95. The molecule has 0 saturated carbocycles. The van der Waals surface area contributed by atoms with E-state index in [4.69, 9.17) is 11.6 Å². The van der Waals surface area contributed by atoms with E-state index in [1.807, 2.05) is 29.7 Å². The van der Waals surface area contributed by atoms with Gasteiger partial charge in [0.25, 0.3) is 0 Å². The van der Waals surface area contributed by atoms with Crippen molar-refractivity contribution >= 4 is 29.3 Å². The summed E-state index contributed by atoms with van der Waals surface area (Å²) in [5.74, 6) is 0.784. The number of hydrogen-bond acceptors (Lipinski definition) is 5. The van der Waals surface area contributed by atoms with Gasteiger partial charge in [-0.15, -0.1) is 10.2 Å². The summed E-state index contributed by atoms with van der Waals surface area (Å²) in [5, 5.41) is 12.5. The molecular formula is C20H28ClN5OS. The zero-order valence-corrected chi connectivity index (χ0v) is 18.1. The molecule has 6 nitrogen and oxygen atoms in total. The number of carbonyl (C=O) groups excluding carboxylic acids is 1. The minimum atomic E-state index is 0.0204. The number of rotatable bonds is 8. The second-order valence-electron chi connectivity index (χ2n) is 7.48. The maximum absolute atomic E-state index is 12.3. The number of amides is 1. The SMILES string of the molecule is Cc1ccc(-n2cnnc2SCC(=O)NCC(C)CN2CCCCC2)cc1Cl. The quantitative estimate of drug-likeness (QED) is 0.660.